The fourth-order valence-electron chi connectivity index (χ4n) is 2.52. The molecule has 2 rings (SSSR count). The van der Waals surface area contributed by atoms with Gasteiger partial charge in [-0.25, -0.2) is 0 Å². The van der Waals surface area contributed by atoms with Crippen molar-refractivity contribution in [3.63, 3.8) is 0 Å². The first-order valence-electron chi connectivity index (χ1n) is 7.33. The van der Waals surface area contributed by atoms with E-state index in [9.17, 15) is 0 Å². The van der Waals surface area contributed by atoms with Crippen LogP contribution in [-0.2, 0) is 13.0 Å². The Balaban J connectivity index is 2.15. The third-order valence-electron chi connectivity index (χ3n) is 3.78. The van der Waals surface area contributed by atoms with Crippen molar-refractivity contribution in [2.45, 2.75) is 32.9 Å². The van der Waals surface area contributed by atoms with Crippen LogP contribution in [0.2, 0.25) is 0 Å². The molecule has 20 heavy (non-hydrogen) atoms. The van der Waals surface area contributed by atoms with Crippen LogP contribution in [0.25, 0.3) is 0 Å². The third kappa shape index (κ3) is 3.69. The van der Waals surface area contributed by atoms with Gasteiger partial charge in [-0.15, -0.1) is 11.3 Å². The zero-order valence-corrected chi connectivity index (χ0v) is 13.2. The molecule has 1 aromatic heterocycles. The van der Waals surface area contributed by atoms with E-state index >= 15 is 0 Å². The first-order valence-corrected chi connectivity index (χ1v) is 8.21. The van der Waals surface area contributed by atoms with E-state index in [4.69, 9.17) is 5.73 Å². The van der Waals surface area contributed by atoms with Gasteiger partial charge in [0.2, 0.25) is 0 Å². The summed E-state index contributed by atoms with van der Waals surface area (Å²) in [6.45, 7) is 7.03. The molecule has 0 bridgehead atoms. The number of likely N-dealkylation sites (N-methyl/N-ethyl adjacent to an activating group) is 1. The van der Waals surface area contributed by atoms with Gasteiger partial charge < -0.3 is 5.73 Å². The summed E-state index contributed by atoms with van der Waals surface area (Å²) in [6.07, 6.45) is 1.08. The number of thiophene rings is 1. The summed E-state index contributed by atoms with van der Waals surface area (Å²) >= 11 is 1.81. The standard InChI is InChI=1S/C17H24N2S/c1-3-14-7-9-15(10-8-14)17(12-18)19(4-2)13-16-6-5-11-20-16/h5-11,17H,3-4,12-13,18H2,1-2H3. The van der Waals surface area contributed by atoms with Gasteiger partial charge in [0.25, 0.3) is 0 Å². The van der Waals surface area contributed by atoms with Gasteiger partial charge in [-0.05, 0) is 35.5 Å². The minimum Gasteiger partial charge on any atom is -0.329 e. The Hall–Kier alpha value is -1.16. The monoisotopic (exact) mass is 288 g/mol. The highest BCUT2D eigenvalue weighted by molar-refractivity contribution is 7.09. The van der Waals surface area contributed by atoms with E-state index in [1.807, 2.05) is 11.3 Å². The molecule has 2 N–H and O–H groups in total. The lowest BCUT2D eigenvalue weighted by molar-refractivity contribution is 0.205. The van der Waals surface area contributed by atoms with E-state index in [0.29, 0.717) is 12.6 Å². The van der Waals surface area contributed by atoms with Crippen LogP contribution >= 0.6 is 11.3 Å². The number of benzene rings is 1. The van der Waals surface area contributed by atoms with Crippen LogP contribution < -0.4 is 5.73 Å². The molecule has 0 fully saturated rings. The maximum absolute atomic E-state index is 6.04. The van der Waals surface area contributed by atoms with Crippen LogP contribution in [-0.4, -0.2) is 18.0 Å². The summed E-state index contributed by atoms with van der Waals surface area (Å²) < 4.78 is 0. The van der Waals surface area contributed by atoms with Crippen molar-refractivity contribution in [1.29, 1.82) is 0 Å². The molecule has 0 aliphatic carbocycles. The highest BCUT2D eigenvalue weighted by atomic mass is 32.1. The van der Waals surface area contributed by atoms with E-state index in [-0.39, 0.29) is 0 Å². The summed E-state index contributed by atoms with van der Waals surface area (Å²) in [5.41, 5.74) is 8.75. The van der Waals surface area contributed by atoms with Crippen LogP contribution in [0.5, 0.6) is 0 Å². The van der Waals surface area contributed by atoms with Gasteiger partial charge in [0, 0.05) is 24.0 Å². The van der Waals surface area contributed by atoms with Crippen LogP contribution in [0, 0.1) is 0 Å². The second kappa shape index (κ2) is 7.58. The van der Waals surface area contributed by atoms with Crippen molar-refractivity contribution in [3.05, 3.63) is 57.8 Å². The lowest BCUT2D eigenvalue weighted by Crippen LogP contribution is -2.33. The molecule has 0 spiro atoms. The van der Waals surface area contributed by atoms with E-state index in [2.05, 4.69) is 60.5 Å². The quantitative estimate of drug-likeness (QED) is 0.839. The zero-order chi connectivity index (χ0) is 14.4. The Morgan fingerprint density at radius 1 is 1.15 bits per heavy atom. The lowest BCUT2D eigenvalue weighted by Gasteiger charge is -2.30. The summed E-state index contributed by atoms with van der Waals surface area (Å²) in [5.74, 6) is 0. The number of rotatable bonds is 7. The normalized spacial score (nSPS) is 12.8. The molecule has 0 amide bonds. The Labute approximate surface area is 126 Å². The van der Waals surface area contributed by atoms with E-state index in [0.717, 1.165) is 19.5 Å². The molecule has 0 saturated heterocycles. The highest BCUT2D eigenvalue weighted by Gasteiger charge is 2.18. The minimum absolute atomic E-state index is 0.299. The van der Waals surface area contributed by atoms with Gasteiger partial charge in [-0.2, -0.15) is 0 Å². The van der Waals surface area contributed by atoms with Gasteiger partial charge in [0.15, 0.2) is 0 Å². The first-order chi connectivity index (χ1) is 9.78. The zero-order valence-electron chi connectivity index (χ0n) is 12.4. The molecule has 1 unspecified atom stereocenters. The molecule has 0 saturated carbocycles. The molecule has 1 atom stereocenters. The molecular weight excluding hydrogens is 264 g/mol. The summed E-state index contributed by atoms with van der Waals surface area (Å²) in [5, 5.41) is 2.14. The molecule has 0 radical (unpaired) electrons. The molecule has 0 aliphatic heterocycles. The van der Waals surface area contributed by atoms with Crippen molar-refractivity contribution in [2.75, 3.05) is 13.1 Å². The van der Waals surface area contributed by atoms with Crippen LogP contribution in [0.1, 0.15) is 35.9 Å². The predicted molar refractivity (Wildman–Crippen MR) is 88.0 cm³/mol. The van der Waals surface area contributed by atoms with Gasteiger partial charge in [-0.1, -0.05) is 44.2 Å². The molecule has 0 aliphatic rings. The fourth-order valence-corrected chi connectivity index (χ4v) is 3.25. The molecular formula is C17H24N2S. The van der Waals surface area contributed by atoms with Crippen molar-refractivity contribution in [3.8, 4) is 0 Å². The van der Waals surface area contributed by atoms with Gasteiger partial charge in [-0.3, -0.25) is 4.90 Å². The van der Waals surface area contributed by atoms with Crippen LogP contribution in [0.3, 0.4) is 0 Å². The van der Waals surface area contributed by atoms with E-state index in [1.54, 1.807) is 0 Å². The van der Waals surface area contributed by atoms with Crippen molar-refractivity contribution < 1.29 is 0 Å². The average molecular weight is 288 g/mol. The topological polar surface area (TPSA) is 29.3 Å². The van der Waals surface area contributed by atoms with Crippen molar-refractivity contribution >= 4 is 11.3 Å². The maximum atomic E-state index is 6.04. The first kappa shape index (κ1) is 15.2. The average Bonchev–Trinajstić information content (AvgIpc) is 3.00. The molecule has 2 nitrogen and oxygen atoms in total. The Kier molecular flexibility index (Phi) is 5.77. The smallest absolute Gasteiger partial charge is 0.0474 e. The molecule has 3 heteroatoms. The number of hydrogen-bond acceptors (Lipinski definition) is 3. The summed E-state index contributed by atoms with van der Waals surface area (Å²) in [6, 6.07) is 13.5. The fraction of sp³-hybridized carbons (Fsp3) is 0.412. The molecule has 1 aromatic carbocycles. The number of aryl methyl sites for hydroxylation is 1. The predicted octanol–water partition coefficient (Wildman–Crippen LogP) is 3.83. The Bertz CT molecular complexity index is 490. The second-order valence-electron chi connectivity index (χ2n) is 4.99. The second-order valence-corrected chi connectivity index (χ2v) is 6.02. The third-order valence-corrected chi connectivity index (χ3v) is 4.64. The van der Waals surface area contributed by atoms with Gasteiger partial charge in [0.05, 0.1) is 0 Å². The number of hydrogen-bond donors (Lipinski definition) is 1. The van der Waals surface area contributed by atoms with Gasteiger partial charge >= 0.3 is 0 Å². The SMILES string of the molecule is CCc1ccc(C(CN)N(CC)Cc2cccs2)cc1. The van der Waals surface area contributed by atoms with Crippen LogP contribution in [0.15, 0.2) is 41.8 Å². The minimum atomic E-state index is 0.299. The van der Waals surface area contributed by atoms with Crippen molar-refractivity contribution in [2.24, 2.45) is 5.73 Å². The highest BCUT2D eigenvalue weighted by Crippen LogP contribution is 2.23. The van der Waals surface area contributed by atoms with Crippen molar-refractivity contribution in [1.82, 2.24) is 4.90 Å². The molecule has 2 aromatic rings. The maximum Gasteiger partial charge on any atom is 0.0474 e. The lowest BCUT2D eigenvalue weighted by atomic mass is 10.0. The molecule has 1 heterocycles. The van der Waals surface area contributed by atoms with Gasteiger partial charge in [0.1, 0.15) is 0 Å². The Morgan fingerprint density at radius 3 is 2.40 bits per heavy atom. The van der Waals surface area contributed by atoms with E-state index in [1.165, 1.54) is 16.0 Å². The van der Waals surface area contributed by atoms with E-state index < -0.39 is 0 Å². The summed E-state index contributed by atoms with van der Waals surface area (Å²) in [4.78, 5) is 3.85. The number of nitrogens with two attached hydrogens (primary N) is 1. The molecule has 108 valence electrons. The Morgan fingerprint density at radius 2 is 1.90 bits per heavy atom. The number of nitrogens with zero attached hydrogens (tertiary/aromatic N) is 1. The summed E-state index contributed by atoms with van der Waals surface area (Å²) in [7, 11) is 0. The van der Waals surface area contributed by atoms with Crippen LogP contribution in [0.4, 0.5) is 0 Å². The largest absolute Gasteiger partial charge is 0.329 e.